The maximum Gasteiger partial charge on any atom is 0.165 e. The molecule has 5 heteroatoms. The summed E-state index contributed by atoms with van der Waals surface area (Å²) in [5, 5.41) is 14.0. The van der Waals surface area contributed by atoms with Crippen LogP contribution < -0.4 is 4.74 Å². The van der Waals surface area contributed by atoms with Gasteiger partial charge in [-0.3, -0.25) is 4.68 Å². The van der Waals surface area contributed by atoms with E-state index in [0.29, 0.717) is 22.1 Å². The van der Waals surface area contributed by atoms with Crippen molar-refractivity contribution >= 4 is 11.6 Å². The van der Waals surface area contributed by atoms with Crippen molar-refractivity contribution in [1.82, 2.24) is 9.78 Å². The highest BCUT2D eigenvalue weighted by Gasteiger charge is 2.07. The molecule has 0 aliphatic heterocycles. The molecule has 1 N–H and O–H groups in total. The van der Waals surface area contributed by atoms with E-state index in [9.17, 15) is 5.11 Å². The molecule has 0 saturated carbocycles. The summed E-state index contributed by atoms with van der Waals surface area (Å²) in [5.74, 6) is 1.20. The predicted octanol–water partition coefficient (Wildman–Crippen LogP) is 3.23. The van der Waals surface area contributed by atoms with E-state index in [2.05, 4.69) is 12.0 Å². The second kappa shape index (κ2) is 5.89. The molecule has 1 aromatic heterocycles. The van der Waals surface area contributed by atoms with Gasteiger partial charge in [-0.05, 0) is 18.6 Å². The van der Waals surface area contributed by atoms with Gasteiger partial charge < -0.3 is 9.84 Å². The van der Waals surface area contributed by atoms with Gasteiger partial charge in [-0.25, -0.2) is 0 Å². The summed E-state index contributed by atoms with van der Waals surface area (Å²) >= 11 is 5.91. The highest BCUT2D eigenvalue weighted by Crippen LogP contribution is 2.28. The average Bonchev–Trinajstić information content (AvgIpc) is 2.77. The molecule has 4 nitrogen and oxygen atoms in total. The highest BCUT2D eigenvalue weighted by molar-refractivity contribution is 6.30. The normalized spacial score (nSPS) is 10.6. The molecule has 96 valence electrons. The number of ether oxygens (including phenoxy) is 1. The van der Waals surface area contributed by atoms with Gasteiger partial charge in [0, 0.05) is 17.1 Å². The molecule has 1 aromatic carbocycles. The number of aliphatic hydroxyl groups excluding tert-OH is 1. The molecule has 2 rings (SSSR count). The largest absolute Gasteiger partial charge is 0.454 e. The smallest absolute Gasteiger partial charge is 0.165 e. The minimum atomic E-state index is -0.0877. The minimum Gasteiger partial charge on any atom is -0.454 e. The van der Waals surface area contributed by atoms with Crippen LogP contribution >= 0.6 is 11.6 Å². The van der Waals surface area contributed by atoms with Crippen molar-refractivity contribution in [1.29, 1.82) is 0 Å². The van der Waals surface area contributed by atoms with Crippen molar-refractivity contribution in [3.8, 4) is 11.5 Å². The average molecular weight is 267 g/mol. The first-order chi connectivity index (χ1) is 8.72. The van der Waals surface area contributed by atoms with Crippen molar-refractivity contribution in [2.24, 2.45) is 0 Å². The van der Waals surface area contributed by atoms with Crippen LogP contribution in [0.1, 0.15) is 18.9 Å². The van der Waals surface area contributed by atoms with Crippen LogP contribution in [0.4, 0.5) is 0 Å². The number of rotatable bonds is 5. The lowest BCUT2D eigenvalue weighted by Crippen LogP contribution is -1.95. The molecular weight excluding hydrogens is 252 g/mol. The van der Waals surface area contributed by atoms with Gasteiger partial charge in [0.25, 0.3) is 0 Å². The van der Waals surface area contributed by atoms with E-state index in [1.54, 1.807) is 24.4 Å². The SMILES string of the molecule is CCCn1cc(Oc2cc(Cl)ccc2CO)cn1. The van der Waals surface area contributed by atoms with Crippen LogP contribution in [0.25, 0.3) is 0 Å². The van der Waals surface area contributed by atoms with E-state index >= 15 is 0 Å². The number of aryl methyl sites for hydroxylation is 1. The summed E-state index contributed by atoms with van der Waals surface area (Å²) in [5.41, 5.74) is 0.697. The van der Waals surface area contributed by atoms with Gasteiger partial charge >= 0.3 is 0 Å². The molecule has 0 fully saturated rings. The number of nitrogens with zero attached hydrogens (tertiary/aromatic N) is 2. The number of aromatic nitrogens is 2. The van der Waals surface area contributed by atoms with Crippen molar-refractivity contribution in [2.75, 3.05) is 0 Å². The fourth-order valence-corrected chi connectivity index (χ4v) is 1.79. The lowest BCUT2D eigenvalue weighted by Gasteiger charge is -2.08. The van der Waals surface area contributed by atoms with E-state index in [0.717, 1.165) is 13.0 Å². The third kappa shape index (κ3) is 3.03. The highest BCUT2D eigenvalue weighted by atomic mass is 35.5. The fraction of sp³-hybridized carbons (Fsp3) is 0.308. The Hall–Kier alpha value is -1.52. The van der Waals surface area contributed by atoms with Crippen LogP contribution in [-0.2, 0) is 13.2 Å². The van der Waals surface area contributed by atoms with Crippen LogP contribution in [0.15, 0.2) is 30.6 Å². The first-order valence-corrected chi connectivity index (χ1v) is 6.20. The molecule has 0 aliphatic rings. The Bertz CT molecular complexity index is 525. The summed E-state index contributed by atoms with van der Waals surface area (Å²) in [7, 11) is 0. The third-order valence-corrected chi connectivity index (χ3v) is 2.72. The van der Waals surface area contributed by atoms with Crippen molar-refractivity contribution in [2.45, 2.75) is 26.5 Å². The number of hydrogen-bond donors (Lipinski definition) is 1. The first kappa shape index (κ1) is 12.9. The Morgan fingerprint density at radius 2 is 2.28 bits per heavy atom. The van der Waals surface area contributed by atoms with Crippen LogP contribution in [0.3, 0.4) is 0 Å². The van der Waals surface area contributed by atoms with Gasteiger partial charge in [0.1, 0.15) is 5.75 Å². The van der Waals surface area contributed by atoms with Gasteiger partial charge in [0.15, 0.2) is 5.75 Å². The van der Waals surface area contributed by atoms with E-state index in [-0.39, 0.29) is 6.61 Å². The van der Waals surface area contributed by atoms with E-state index in [1.165, 1.54) is 0 Å². The third-order valence-electron chi connectivity index (χ3n) is 2.49. The first-order valence-electron chi connectivity index (χ1n) is 5.82. The van der Waals surface area contributed by atoms with Gasteiger partial charge in [0.2, 0.25) is 0 Å². The van der Waals surface area contributed by atoms with Crippen molar-refractivity contribution in [3.05, 3.63) is 41.2 Å². The zero-order valence-electron chi connectivity index (χ0n) is 10.1. The number of hydrogen-bond acceptors (Lipinski definition) is 3. The van der Waals surface area contributed by atoms with Crippen molar-refractivity contribution in [3.63, 3.8) is 0 Å². The fourth-order valence-electron chi connectivity index (χ4n) is 1.63. The monoisotopic (exact) mass is 266 g/mol. The summed E-state index contributed by atoms with van der Waals surface area (Å²) in [6, 6.07) is 5.15. The zero-order valence-corrected chi connectivity index (χ0v) is 10.9. The molecular formula is C13H15ClN2O2. The summed E-state index contributed by atoms with van der Waals surface area (Å²) < 4.78 is 7.50. The summed E-state index contributed by atoms with van der Waals surface area (Å²) in [6.45, 7) is 2.85. The van der Waals surface area contributed by atoms with Gasteiger partial charge in [-0.15, -0.1) is 0 Å². The van der Waals surface area contributed by atoms with Gasteiger partial charge in [-0.1, -0.05) is 24.6 Å². The minimum absolute atomic E-state index is 0.0877. The molecule has 1 heterocycles. The quantitative estimate of drug-likeness (QED) is 0.904. The second-order valence-corrected chi connectivity index (χ2v) is 4.39. The molecule has 0 radical (unpaired) electrons. The molecule has 0 amide bonds. The van der Waals surface area contributed by atoms with Crippen LogP contribution in [0.2, 0.25) is 5.02 Å². The van der Waals surface area contributed by atoms with Crippen LogP contribution in [-0.4, -0.2) is 14.9 Å². The molecule has 0 bridgehead atoms. The Morgan fingerprint density at radius 1 is 1.44 bits per heavy atom. The van der Waals surface area contributed by atoms with E-state index < -0.39 is 0 Å². The zero-order chi connectivity index (χ0) is 13.0. The maximum absolute atomic E-state index is 9.23. The molecule has 0 atom stereocenters. The predicted molar refractivity (Wildman–Crippen MR) is 70.0 cm³/mol. The summed E-state index contributed by atoms with van der Waals surface area (Å²) in [4.78, 5) is 0. The Balaban J connectivity index is 2.19. The number of halogens is 1. The Kier molecular flexibility index (Phi) is 4.23. The standard InChI is InChI=1S/C13H15ClN2O2/c1-2-5-16-8-12(7-15-16)18-13-6-11(14)4-3-10(13)9-17/h3-4,6-8,17H,2,5,9H2,1H3. The van der Waals surface area contributed by atoms with E-state index in [4.69, 9.17) is 16.3 Å². The van der Waals surface area contributed by atoms with E-state index in [1.807, 2.05) is 10.9 Å². The number of aliphatic hydroxyl groups is 1. The lowest BCUT2D eigenvalue weighted by molar-refractivity contribution is 0.276. The van der Waals surface area contributed by atoms with Crippen LogP contribution in [0.5, 0.6) is 11.5 Å². The molecule has 2 aromatic rings. The summed E-state index contributed by atoms with van der Waals surface area (Å²) in [6.07, 6.45) is 4.49. The lowest BCUT2D eigenvalue weighted by atomic mass is 10.2. The maximum atomic E-state index is 9.23. The van der Waals surface area contributed by atoms with Gasteiger partial charge in [-0.2, -0.15) is 5.10 Å². The Morgan fingerprint density at radius 3 is 3.00 bits per heavy atom. The molecule has 0 aliphatic carbocycles. The second-order valence-electron chi connectivity index (χ2n) is 3.95. The number of benzene rings is 1. The molecule has 0 saturated heterocycles. The van der Waals surface area contributed by atoms with Crippen molar-refractivity contribution < 1.29 is 9.84 Å². The van der Waals surface area contributed by atoms with Crippen LogP contribution in [0, 0.1) is 0 Å². The van der Waals surface area contributed by atoms with Gasteiger partial charge in [0.05, 0.1) is 19.0 Å². The molecule has 18 heavy (non-hydrogen) atoms. The molecule has 0 spiro atoms. The Labute approximate surface area is 111 Å². The topological polar surface area (TPSA) is 47.3 Å². The molecule has 0 unspecified atom stereocenters.